The van der Waals surface area contributed by atoms with Gasteiger partial charge < -0.3 is 14.7 Å². The van der Waals surface area contributed by atoms with Gasteiger partial charge in [0.2, 0.25) is 0 Å². The Kier molecular flexibility index (Phi) is 4.50. The third-order valence-electron chi connectivity index (χ3n) is 2.55. The molecule has 0 atom stereocenters. The Hall–Kier alpha value is -2.05. The van der Waals surface area contributed by atoms with Crippen LogP contribution in [-0.4, -0.2) is 29.4 Å². The van der Waals surface area contributed by atoms with Crippen LogP contribution in [0, 0.1) is 0 Å². The average Bonchev–Trinajstić information content (AvgIpc) is 2.69. The van der Waals surface area contributed by atoms with Gasteiger partial charge >= 0.3 is 11.9 Å². The van der Waals surface area contributed by atoms with Crippen LogP contribution >= 0.6 is 23.2 Å². The van der Waals surface area contributed by atoms with Gasteiger partial charge in [0.05, 0.1) is 21.3 Å². The van der Waals surface area contributed by atoms with E-state index < -0.39 is 18.5 Å². The number of carboxylic acids is 1. The van der Waals surface area contributed by atoms with Gasteiger partial charge in [0.1, 0.15) is 0 Å². The number of oxime groups is 1. The topological polar surface area (TPSA) is 85.2 Å². The minimum Gasteiger partial charge on any atom is -0.479 e. The second kappa shape index (κ2) is 6.15. The lowest BCUT2D eigenvalue weighted by Gasteiger charge is -2.09. The van der Waals surface area contributed by atoms with E-state index in [1.54, 1.807) is 6.92 Å². The van der Waals surface area contributed by atoms with Crippen LogP contribution in [0.3, 0.4) is 0 Å². The summed E-state index contributed by atoms with van der Waals surface area (Å²) in [6, 6.07) is 2.99. The molecule has 0 unspecified atom stereocenters. The van der Waals surface area contributed by atoms with E-state index >= 15 is 0 Å². The van der Waals surface area contributed by atoms with Crippen molar-refractivity contribution >= 4 is 46.9 Å². The van der Waals surface area contributed by atoms with E-state index in [9.17, 15) is 9.59 Å². The van der Waals surface area contributed by atoms with Crippen LogP contribution in [0.25, 0.3) is 6.08 Å². The molecule has 1 aliphatic rings. The van der Waals surface area contributed by atoms with E-state index in [0.29, 0.717) is 16.8 Å². The molecule has 110 valence electrons. The van der Waals surface area contributed by atoms with Gasteiger partial charge in [-0.2, -0.15) is 0 Å². The molecule has 0 radical (unpaired) electrons. The first-order chi connectivity index (χ1) is 9.88. The zero-order chi connectivity index (χ0) is 15.6. The molecule has 2 rings (SSSR count). The molecule has 21 heavy (non-hydrogen) atoms. The fourth-order valence-electron chi connectivity index (χ4n) is 1.62. The number of ether oxygens (including phenoxy) is 1. The fourth-order valence-corrected chi connectivity index (χ4v) is 2.23. The summed E-state index contributed by atoms with van der Waals surface area (Å²) in [5.41, 5.74) is 1.27. The minimum absolute atomic E-state index is 0.0715. The molecule has 1 N–H and O–H groups in total. The highest BCUT2D eigenvalue weighted by atomic mass is 35.5. The molecule has 6 nitrogen and oxygen atoms in total. The summed E-state index contributed by atoms with van der Waals surface area (Å²) in [6.07, 6.45) is 1.52. The molecule has 0 aromatic heterocycles. The number of hydrogen-bond donors (Lipinski definition) is 1. The third-order valence-corrected chi connectivity index (χ3v) is 3.11. The summed E-state index contributed by atoms with van der Waals surface area (Å²) in [7, 11) is 0. The van der Waals surface area contributed by atoms with E-state index in [-0.39, 0.29) is 15.8 Å². The highest BCUT2D eigenvalue weighted by Crippen LogP contribution is 2.35. The van der Waals surface area contributed by atoms with Gasteiger partial charge in [0.25, 0.3) is 0 Å². The maximum Gasteiger partial charge on any atom is 0.367 e. The highest BCUT2D eigenvalue weighted by molar-refractivity contribution is 6.37. The number of hydrogen-bond acceptors (Lipinski definition) is 5. The Morgan fingerprint density at radius 3 is 2.52 bits per heavy atom. The van der Waals surface area contributed by atoms with Crippen LogP contribution in [0.1, 0.15) is 12.5 Å². The predicted molar refractivity (Wildman–Crippen MR) is 76.8 cm³/mol. The first-order valence-corrected chi connectivity index (χ1v) is 6.45. The van der Waals surface area contributed by atoms with Crippen molar-refractivity contribution in [1.82, 2.24) is 0 Å². The molecule has 0 bridgehead atoms. The van der Waals surface area contributed by atoms with Gasteiger partial charge in [-0.05, 0) is 30.7 Å². The minimum atomic E-state index is -1.14. The zero-order valence-corrected chi connectivity index (χ0v) is 12.2. The second-order valence-electron chi connectivity index (χ2n) is 4.11. The number of nitrogens with zero attached hydrogens (tertiary/aromatic N) is 1. The summed E-state index contributed by atoms with van der Waals surface area (Å²) in [5.74, 6) is -1.64. The fraction of sp³-hybridized carbons (Fsp3) is 0.154. The van der Waals surface area contributed by atoms with Crippen LogP contribution in [0.2, 0.25) is 10.0 Å². The predicted octanol–water partition coefficient (Wildman–Crippen LogP) is 2.77. The normalized spacial score (nSPS) is 15.9. The van der Waals surface area contributed by atoms with E-state index in [2.05, 4.69) is 9.99 Å². The number of carbonyl (C=O) groups excluding carboxylic acids is 1. The Morgan fingerprint density at radius 2 is 2.05 bits per heavy atom. The van der Waals surface area contributed by atoms with Gasteiger partial charge in [0, 0.05) is 0 Å². The standard InChI is InChI=1S/C13H9Cl2NO5/c1-6-8(13(19)21-16-6)2-7-3-9(14)12(10(15)4-7)20-5-11(17)18/h2-4H,5H2,1H3,(H,17,18)/b8-2-. The molecular formula is C13H9Cl2NO5. The van der Waals surface area contributed by atoms with Crippen molar-refractivity contribution in [1.29, 1.82) is 0 Å². The van der Waals surface area contributed by atoms with Crippen molar-refractivity contribution in [3.63, 3.8) is 0 Å². The Morgan fingerprint density at radius 1 is 1.43 bits per heavy atom. The van der Waals surface area contributed by atoms with Crippen LogP contribution in [-0.2, 0) is 14.4 Å². The van der Waals surface area contributed by atoms with Crippen LogP contribution < -0.4 is 4.74 Å². The van der Waals surface area contributed by atoms with E-state index in [4.69, 9.17) is 33.0 Å². The first-order valence-electron chi connectivity index (χ1n) is 5.70. The number of aliphatic carboxylic acids is 1. The smallest absolute Gasteiger partial charge is 0.367 e. The Labute approximate surface area is 129 Å². The lowest BCUT2D eigenvalue weighted by Crippen LogP contribution is -2.10. The van der Waals surface area contributed by atoms with Crippen LogP contribution in [0.15, 0.2) is 22.9 Å². The Bertz CT molecular complexity index is 658. The number of rotatable bonds is 4. The first kappa shape index (κ1) is 15.3. The van der Waals surface area contributed by atoms with Crippen molar-refractivity contribution in [2.75, 3.05) is 6.61 Å². The summed E-state index contributed by atoms with van der Waals surface area (Å²) in [4.78, 5) is 26.4. The molecule has 0 saturated heterocycles. The van der Waals surface area contributed by atoms with Crippen molar-refractivity contribution in [3.05, 3.63) is 33.3 Å². The lowest BCUT2D eigenvalue weighted by molar-refractivity contribution is -0.139. The molecule has 0 saturated carbocycles. The number of carbonyl (C=O) groups is 2. The van der Waals surface area contributed by atoms with E-state index in [1.807, 2.05) is 0 Å². The van der Waals surface area contributed by atoms with E-state index in [0.717, 1.165) is 0 Å². The quantitative estimate of drug-likeness (QED) is 0.678. The summed E-state index contributed by atoms with van der Waals surface area (Å²) >= 11 is 12.0. The van der Waals surface area contributed by atoms with Crippen molar-refractivity contribution < 1.29 is 24.3 Å². The van der Waals surface area contributed by atoms with Gasteiger partial charge in [-0.25, -0.2) is 9.59 Å². The molecule has 0 spiro atoms. The molecule has 1 heterocycles. The molecule has 1 aromatic rings. The van der Waals surface area contributed by atoms with Crippen LogP contribution in [0.4, 0.5) is 0 Å². The summed E-state index contributed by atoms with van der Waals surface area (Å²) in [6.45, 7) is 1.07. The van der Waals surface area contributed by atoms with E-state index in [1.165, 1.54) is 18.2 Å². The largest absolute Gasteiger partial charge is 0.479 e. The molecule has 1 aromatic carbocycles. The average molecular weight is 330 g/mol. The summed E-state index contributed by atoms with van der Waals surface area (Å²) < 4.78 is 5.00. The maximum atomic E-state index is 11.4. The number of halogens is 2. The summed E-state index contributed by atoms with van der Waals surface area (Å²) in [5, 5.41) is 12.4. The van der Waals surface area contributed by atoms with Crippen molar-refractivity contribution in [2.24, 2.45) is 5.16 Å². The second-order valence-corrected chi connectivity index (χ2v) is 4.92. The van der Waals surface area contributed by atoms with Gasteiger partial charge in [-0.1, -0.05) is 28.4 Å². The SMILES string of the molecule is CC1=NOC(=O)/C1=C\c1cc(Cl)c(OCC(=O)O)c(Cl)c1. The van der Waals surface area contributed by atoms with Gasteiger partial charge in [0.15, 0.2) is 12.4 Å². The molecule has 0 aliphatic carbocycles. The zero-order valence-electron chi connectivity index (χ0n) is 10.7. The molecule has 0 amide bonds. The van der Waals surface area contributed by atoms with Crippen molar-refractivity contribution in [3.8, 4) is 5.75 Å². The van der Waals surface area contributed by atoms with Crippen molar-refractivity contribution in [2.45, 2.75) is 6.92 Å². The molecule has 8 heteroatoms. The Balaban J connectivity index is 2.32. The van der Waals surface area contributed by atoms with Gasteiger partial charge in [-0.3, -0.25) is 0 Å². The van der Waals surface area contributed by atoms with Gasteiger partial charge in [-0.15, -0.1) is 0 Å². The lowest BCUT2D eigenvalue weighted by atomic mass is 10.1. The third kappa shape index (κ3) is 3.53. The molecule has 0 fully saturated rings. The molecular weight excluding hydrogens is 321 g/mol. The number of benzene rings is 1. The van der Waals surface area contributed by atoms with Crippen LogP contribution in [0.5, 0.6) is 5.75 Å². The number of carboxylic acid groups (broad SMARTS) is 1. The molecule has 1 aliphatic heterocycles. The highest BCUT2D eigenvalue weighted by Gasteiger charge is 2.22. The monoisotopic (exact) mass is 329 g/mol. The maximum absolute atomic E-state index is 11.4.